The molecule has 0 rings (SSSR count). The summed E-state index contributed by atoms with van der Waals surface area (Å²) in [4.78, 5) is 24.8. The molecule has 0 radical (unpaired) electrons. The molecule has 0 aromatic heterocycles. The quantitative estimate of drug-likeness (QED) is 0.651. The fraction of sp³-hybridized carbons (Fsp3) is 0.833. The van der Waals surface area contributed by atoms with Crippen LogP contribution in [0.4, 0.5) is 0 Å². The van der Waals surface area contributed by atoms with Gasteiger partial charge in [0.2, 0.25) is 11.8 Å². The summed E-state index contributed by atoms with van der Waals surface area (Å²) in [6.45, 7) is 7.24. The summed E-state index contributed by atoms with van der Waals surface area (Å²) >= 11 is 0. The maximum Gasteiger partial charge on any atom is 0.241 e. The van der Waals surface area contributed by atoms with Crippen molar-refractivity contribution in [3.63, 3.8) is 0 Å². The lowest BCUT2D eigenvalue weighted by Crippen LogP contribution is -2.45. The number of hydrogen-bond acceptors (Lipinski definition) is 3. The normalized spacial score (nSPS) is 12.0. The van der Waals surface area contributed by atoms with E-state index in [9.17, 15) is 9.59 Å². The zero-order valence-electron chi connectivity index (χ0n) is 11.2. The number of carbonyl (C=O) groups excluding carboxylic acids is 2. The fourth-order valence-corrected chi connectivity index (χ4v) is 1.54. The molecule has 0 aliphatic carbocycles. The zero-order valence-corrected chi connectivity index (χ0v) is 11.2. The minimum Gasteiger partial charge on any atom is -0.346 e. The largest absolute Gasteiger partial charge is 0.346 e. The summed E-state index contributed by atoms with van der Waals surface area (Å²) in [5.41, 5.74) is 5.69. The fourth-order valence-electron chi connectivity index (χ4n) is 1.54. The third kappa shape index (κ3) is 6.26. The molecule has 0 saturated carbocycles. The molecule has 0 aromatic carbocycles. The van der Waals surface area contributed by atoms with Crippen LogP contribution in [-0.2, 0) is 9.59 Å². The summed E-state index contributed by atoms with van der Waals surface area (Å²) in [5.74, 6) is -0.301. The molecule has 0 bridgehead atoms. The Hall–Kier alpha value is -1.10. The maximum absolute atomic E-state index is 11.6. The second-order valence-corrected chi connectivity index (χ2v) is 4.03. The van der Waals surface area contributed by atoms with Crippen molar-refractivity contribution in [2.75, 3.05) is 19.6 Å². The van der Waals surface area contributed by atoms with E-state index in [0.29, 0.717) is 19.5 Å². The van der Waals surface area contributed by atoms with E-state index in [0.717, 1.165) is 12.8 Å². The van der Waals surface area contributed by atoms with Gasteiger partial charge in [-0.1, -0.05) is 19.8 Å². The number of unbranched alkanes of at least 4 members (excludes halogenated alkanes) is 1. The van der Waals surface area contributed by atoms with Crippen LogP contribution in [0.1, 0.15) is 40.0 Å². The standard InChI is InChI=1S/C12H25N3O2/c1-4-7-8-10(13)12(17)14-9-11(16)15(5-2)6-3/h10H,4-9,13H2,1-3H3,(H,14,17). The first kappa shape index (κ1) is 15.9. The third-order valence-electron chi connectivity index (χ3n) is 2.74. The number of amides is 2. The van der Waals surface area contributed by atoms with Crippen LogP contribution in [0, 0.1) is 0 Å². The van der Waals surface area contributed by atoms with Crippen LogP contribution in [0.2, 0.25) is 0 Å². The molecule has 3 N–H and O–H groups in total. The Morgan fingerprint density at radius 3 is 2.29 bits per heavy atom. The second-order valence-electron chi connectivity index (χ2n) is 4.03. The van der Waals surface area contributed by atoms with E-state index in [1.165, 1.54) is 0 Å². The van der Waals surface area contributed by atoms with E-state index < -0.39 is 6.04 Å². The molecule has 0 heterocycles. The SMILES string of the molecule is CCCCC(N)C(=O)NCC(=O)N(CC)CC. The average molecular weight is 243 g/mol. The van der Waals surface area contributed by atoms with Crippen molar-refractivity contribution >= 4 is 11.8 Å². The van der Waals surface area contributed by atoms with Gasteiger partial charge >= 0.3 is 0 Å². The number of carbonyl (C=O) groups is 2. The van der Waals surface area contributed by atoms with Gasteiger partial charge in [-0.05, 0) is 20.3 Å². The minimum absolute atomic E-state index is 0.0420. The Labute approximate surface area is 104 Å². The van der Waals surface area contributed by atoms with Crippen LogP contribution in [0.25, 0.3) is 0 Å². The zero-order chi connectivity index (χ0) is 13.3. The number of nitrogens with zero attached hydrogens (tertiary/aromatic N) is 1. The first-order valence-corrected chi connectivity index (χ1v) is 6.37. The number of hydrogen-bond donors (Lipinski definition) is 2. The highest BCUT2D eigenvalue weighted by molar-refractivity contribution is 5.87. The molecule has 1 unspecified atom stereocenters. The first-order chi connectivity index (χ1) is 8.06. The van der Waals surface area contributed by atoms with Crippen molar-refractivity contribution in [1.82, 2.24) is 10.2 Å². The Balaban J connectivity index is 3.94. The average Bonchev–Trinajstić information content (AvgIpc) is 2.34. The molecule has 0 saturated heterocycles. The number of rotatable bonds is 8. The van der Waals surface area contributed by atoms with Gasteiger partial charge in [0.05, 0.1) is 12.6 Å². The van der Waals surface area contributed by atoms with Gasteiger partial charge in [0, 0.05) is 13.1 Å². The highest BCUT2D eigenvalue weighted by Crippen LogP contribution is 1.98. The van der Waals surface area contributed by atoms with Crippen LogP contribution in [0.3, 0.4) is 0 Å². The van der Waals surface area contributed by atoms with Crippen molar-refractivity contribution in [3.8, 4) is 0 Å². The lowest BCUT2D eigenvalue weighted by atomic mass is 10.1. The summed E-state index contributed by atoms with van der Waals surface area (Å²) in [5, 5.41) is 2.59. The van der Waals surface area contributed by atoms with Crippen molar-refractivity contribution in [1.29, 1.82) is 0 Å². The van der Waals surface area contributed by atoms with E-state index >= 15 is 0 Å². The molecular weight excluding hydrogens is 218 g/mol. The van der Waals surface area contributed by atoms with Gasteiger partial charge < -0.3 is 16.0 Å². The summed E-state index contributed by atoms with van der Waals surface area (Å²) < 4.78 is 0. The molecule has 0 fully saturated rings. The lowest BCUT2D eigenvalue weighted by Gasteiger charge is -2.19. The van der Waals surface area contributed by atoms with E-state index in [4.69, 9.17) is 5.73 Å². The van der Waals surface area contributed by atoms with Gasteiger partial charge in [-0.25, -0.2) is 0 Å². The van der Waals surface area contributed by atoms with Gasteiger partial charge in [-0.2, -0.15) is 0 Å². The molecule has 5 nitrogen and oxygen atoms in total. The summed E-state index contributed by atoms with van der Waals surface area (Å²) in [6, 6.07) is -0.501. The molecule has 2 amide bonds. The molecule has 0 aliphatic rings. The van der Waals surface area contributed by atoms with Crippen molar-refractivity contribution in [2.45, 2.75) is 46.1 Å². The molecule has 17 heavy (non-hydrogen) atoms. The molecule has 5 heteroatoms. The van der Waals surface area contributed by atoms with Crippen LogP contribution in [0.15, 0.2) is 0 Å². The smallest absolute Gasteiger partial charge is 0.241 e. The predicted octanol–water partition coefficient (Wildman–Crippen LogP) is 0.489. The Kier molecular flexibility index (Phi) is 8.40. The Morgan fingerprint density at radius 2 is 1.82 bits per heavy atom. The van der Waals surface area contributed by atoms with E-state index in [2.05, 4.69) is 12.2 Å². The van der Waals surface area contributed by atoms with Crippen molar-refractivity contribution < 1.29 is 9.59 Å². The van der Waals surface area contributed by atoms with Crippen molar-refractivity contribution in [3.05, 3.63) is 0 Å². The van der Waals surface area contributed by atoms with Gasteiger partial charge in [-0.3, -0.25) is 9.59 Å². The van der Waals surface area contributed by atoms with Gasteiger partial charge in [0.25, 0.3) is 0 Å². The van der Waals surface area contributed by atoms with Crippen LogP contribution in [0.5, 0.6) is 0 Å². The van der Waals surface area contributed by atoms with Crippen LogP contribution < -0.4 is 11.1 Å². The molecule has 0 aromatic rings. The van der Waals surface area contributed by atoms with Crippen LogP contribution >= 0.6 is 0 Å². The second kappa shape index (κ2) is 8.98. The summed E-state index contributed by atoms with van der Waals surface area (Å²) in [6.07, 6.45) is 2.61. The Morgan fingerprint density at radius 1 is 1.24 bits per heavy atom. The van der Waals surface area contributed by atoms with E-state index in [1.807, 2.05) is 13.8 Å². The maximum atomic E-state index is 11.6. The number of likely N-dealkylation sites (N-methyl/N-ethyl adjacent to an activating group) is 1. The third-order valence-corrected chi connectivity index (χ3v) is 2.74. The number of nitrogens with one attached hydrogen (secondary N) is 1. The van der Waals surface area contributed by atoms with Crippen molar-refractivity contribution in [2.24, 2.45) is 5.73 Å². The van der Waals surface area contributed by atoms with Gasteiger partial charge in [0.1, 0.15) is 0 Å². The summed E-state index contributed by atoms with van der Waals surface area (Å²) in [7, 11) is 0. The predicted molar refractivity (Wildman–Crippen MR) is 68.4 cm³/mol. The first-order valence-electron chi connectivity index (χ1n) is 6.37. The number of nitrogens with two attached hydrogens (primary N) is 1. The van der Waals surface area contributed by atoms with Gasteiger partial charge in [0.15, 0.2) is 0 Å². The molecule has 1 atom stereocenters. The molecule has 0 aliphatic heterocycles. The topological polar surface area (TPSA) is 75.4 Å². The minimum atomic E-state index is -0.501. The monoisotopic (exact) mass is 243 g/mol. The molecule has 100 valence electrons. The molecule has 0 spiro atoms. The molecular formula is C12H25N3O2. The van der Waals surface area contributed by atoms with Crippen LogP contribution in [-0.4, -0.2) is 42.4 Å². The lowest BCUT2D eigenvalue weighted by molar-refractivity contribution is -0.132. The van der Waals surface area contributed by atoms with E-state index in [-0.39, 0.29) is 18.4 Å². The Bertz CT molecular complexity index is 240. The van der Waals surface area contributed by atoms with Gasteiger partial charge in [-0.15, -0.1) is 0 Å². The van der Waals surface area contributed by atoms with E-state index in [1.54, 1.807) is 4.90 Å². The highest BCUT2D eigenvalue weighted by atomic mass is 16.2. The highest BCUT2D eigenvalue weighted by Gasteiger charge is 2.15.